The summed E-state index contributed by atoms with van der Waals surface area (Å²) in [6.45, 7) is 15.2. The minimum absolute atomic E-state index is 0.0318. The van der Waals surface area contributed by atoms with Crippen molar-refractivity contribution in [2.45, 2.75) is 110 Å². The van der Waals surface area contributed by atoms with Crippen molar-refractivity contribution >= 4 is 78.7 Å². The maximum atomic E-state index is 13.9. The quantitative estimate of drug-likeness (QED) is 0.0594. The summed E-state index contributed by atoms with van der Waals surface area (Å²) in [5.74, 6) is -0.853. The molecule has 6 heterocycles. The van der Waals surface area contributed by atoms with Crippen molar-refractivity contribution in [2.24, 2.45) is 13.0 Å². The molecular formula is C59H65N9O7S. The van der Waals surface area contributed by atoms with Crippen molar-refractivity contribution in [1.29, 1.82) is 0 Å². The Bertz CT molecular complexity index is 3410. The highest BCUT2D eigenvalue weighted by Gasteiger charge is 2.38. The van der Waals surface area contributed by atoms with E-state index < -0.39 is 22.8 Å². The molecule has 7 aromatic rings. The lowest BCUT2D eigenvalue weighted by molar-refractivity contribution is -0.134. The van der Waals surface area contributed by atoms with E-state index in [1.165, 1.54) is 11.3 Å². The number of aromatic nitrogens is 4. The average Bonchev–Trinajstić information content (AvgIpc) is 3.97. The van der Waals surface area contributed by atoms with Crippen molar-refractivity contribution in [3.8, 4) is 16.9 Å². The Morgan fingerprint density at radius 2 is 1.66 bits per heavy atom. The number of nitrogens with zero attached hydrogens (tertiary/aromatic N) is 6. The van der Waals surface area contributed by atoms with Crippen LogP contribution in [-0.4, -0.2) is 91.1 Å². The number of rotatable bonds is 14. The number of fused-ring (bicyclic) bond motifs is 3. The smallest absolute Gasteiger partial charge is 0.355 e. The number of aryl methyl sites for hydroxylation is 1. The van der Waals surface area contributed by atoms with Gasteiger partial charge in [0.2, 0.25) is 17.7 Å². The number of carboxylic acids is 1. The molecule has 1 atom stereocenters. The lowest BCUT2D eigenvalue weighted by atomic mass is 9.80. The van der Waals surface area contributed by atoms with E-state index in [0.29, 0.717) is 77.7 Å². The van der Waals surface area contributed by atoms with Crippen LogP contribution in [0.15, 0.2) is 84.9 Å². The third kappa shape index (κ3) is 10.4. The minimum atomic E-state index is -1.12. The molecule has 10 rings (SSSR count). The van der Waals surface area contributed by atoms with Gasteiger partial charge in [-0.25, -0.2) is 14.8 Å². The molecule has 3 aliphatic heterocycles. The van der Waals surface area contributed by atoms with Crippen LogP contribution < -0.4 is 25.6 Å². The molecule has 0 aliphatic carbocycles. The Balaban J connectivity index is 0.768. The lowest BCUT2D eigenvalue weighted by Gasteiger charge is -2.41. The molecule has 3 aromatic heterocycles. The molecule has 17 heteroatoms. The van der Waals surface area contributed by atoms with Crippen molar-refractivity contribution in [1.82, 2.24) is 30.0 Å². The molecule has 0 spiro atoms. The van der Waals surface area contributed by atoms with Crippen LogP contribution in [0.25, 0.3) is 32.2 Å². The molecule has 4 aromatic carbocycles. The highest BCUT2D eigenvalue weighted by Crippen LogP contribution is 2.42. The largest absolute Gasteiger partial charge is 0.493 e. The first-order chi connectivity index (χ1) is 36.3. The number of amides is 4. The molecule has 4 amide bonds. The molecule has 0 bridgehead atoms. The fourth-order valence-corrected chi connectivity index (χ4v) is 12.0. The van der Waals surface area contributed by atoms with Crippen LogP contribution in [0.2, 0.25) is 0 Å². The molecule has 3 aliphatic rings. The highest BCUT2D eigenvalue weighted by molar-refractivity contribution is 7.22. The van der Waals surface area contributed by atoms with Crippen LogP contribution in [0.5, 0.6) is 5.75 Å². The van der Waals surface area contributed by atoms with E-state index in [0.717, 1.165) is 87.7 Å². The van der Waals surface area contributed by atoms with Crippen LogP contribution in [0.3, 0.4) is 0 Å². The van der Waals surface area contributed by atoms with Gasteiger partial charge in [0.1, 0.15) is 11.6 Å². The molecule has 0 saturated carbocycles. The second-order valence-corrected chi connectivity index (χ2v) is 23.0. The Morgan fingerprint density at radius 3 is 2.41 bits per heavy atom. The monoisotopic (exact) mass is 1040 g/mol. The molecule has 4 N–H and O–H groups in total. The van der Waals surface area contributed by atoms with E-state index in [9.17, 15) is 29.1 Å². The molecule has 2 fully saturated rings. The Labute approximate surface area is 446 Å². The standard InChI is InChI=1S/C59H65N9O7S/c1-34-38(50-43(58(2,3)4)32-48(62-52(50)55(72)73)67-27-26-36-14-10-16-39(42(36)33-67)53(70)64-57-61-44-17-8-9-19-47(44)76-57)15-11-18-46(34)75-30-12-13-35-24-28-68(29-25-35)59(5,6)56(74)60-37-20-21-40-45(31-37)66(7)65-51(40)41-22-23-49(69)63-54(41)71/h8-11,14-21,31-32,35,41H,12-13,22-30,33H2,1-7H3,(H,60,74)(H,72,73)(H,61,64,70)(H,63,69,71). The molecular weight excluding hydrogens is 979 g/mol. The predicted octanol–water partition coefficient (Wildman–Crippen LogP) is 10.2. The second-order valence-electron chi connectivity index (χ2n) is 22.0. The van der Waals surface area contributed by atoms with Crippen molar-refractivity contribution in [3.63, 3.8) is 0 Å². The predicted molar refractivity (Wildman–Crippen MR) is 296 cm³/mol. The van der Waals surface area contributed by atoms with Crippen molar-refractivity contribution in [2.75, 3.05) is 41.8 Å². The topological polar surface area (TPSA) is 201 Å². The van der Waals surface area contributed by atoms with Gasteiger partial charge in [-0.3, -0.25) is 39.4 Å². The molecule has 0 radical (unpaired) electrons. The SMILES string of the molecule is Cc1c(OCCCC2CCN(C(C)(C)C(=O)Nc3ccc4c(C5CCC(=O)NC5=O)nn(C)c4c3)CC2)cccc1-c1c(C(C)(C)C)cc(N2CCc3cccc(C(=O)Nc4nc5ccccc5s4)c3C2)nc1C(=O)O. The van der Waals surface area contributed by atoms with Gasteiger partial charge in [0.05, 0.1) is 39.5 Å². The Kier molecular flexibility index (Phi) is 14.3. The fraction of sp³-hybridized carbons (Fsp3) is 0.390. The summed E-state index contributed by atoms with van der Waals surface area (Å²) in [5.41, 5.74) is 7.15. The minimum Gasteiger partial charge on any atom is -0.493 e. The summed E-state index contributed by atoms with van der Waals surface area (Å²) < 4.78 is 9.18. The number of benzene rings is 4. The van der Waals surface area contributed by atoms with Gasteiger partial charge >= 0.3 is 5.97 Å². The number of nitrogens with one attached hydrogen (secondary N) is 3. The van der Waals surface area contributed by atoms with E-state index >= 15 is 0 Å². The summed E-state index contributed by atoms with van der Waals surface area (Å²) in [6, 6.07) is 27.0. The van der Waals surface area contributed by atoms with Gasteiger partial charge in [0.25, 0.3) is 5.91 Å². The van der Waals surface area contributed by atoms with E-state index in [2.05, 4.69) is 56.6 Å². The number of hydrogen-bond acceptors (Lipinski definition) is 12. The van der Waals surface area contributed by atoms with Crippen LogP contribution in [0.4, 0.5) is 16.6 Å². The summed E-state index contributed by atoms with van der Waals surface area (Å²) >= 11 is 1.43. The van der Waals surface area contributed by atoms with E-state index in [1.54, 1.807) is 4.68 Å². The van der Waals surface area contributed by atoms with Crippen molar-refractivity contribution < 1.29 is 33.8 Å². The van der Waals surface area contributed by atoms with Gasteiger partial charge in [-0.05, 0) is 160 Å². The number of carbonyl (C=O) groups is 5. The highest BCUT2D eigenvalue weighted by atomic mass is 32.1. The normalized spacial score (nSPS) is 16.7. The van der Waals surface area contributed by atoms with Gasteiger partial charge < -0.3 is 20.1 Å². The van der Waals surface area contributed by atoms with Crippen LogP contribution in [0, 0.1) is 12.8 Å². The molecule has 16 nitrogen and oxygen atoms in total. The Hall–Kier alpha value is -7.50. The number of piperidine rings is 2. The summed E-state index contributed by atoms with van der Waals surface area (Å²) in [4.78, 5) is 79.2. The maximum Gasteiger partial charge on any atom is 0.355 e. The molecule has 2 saturated heterocycles. The first-order valence-electron chi connectivity index (χ1n) is 26.2. The zero-order chi connectivity index (χ0) is 53.6. The van der Waals surface area contributed by atoms with Gasteiger partial charge in [0.15, 0.2) is 10.8 Å². The summed E-state index contributed by atoms with van der Waals surface area (Å²) in [6.07, 6.45) is 5.07. The number of anilines is 3. The number of aromatic carboxylic acids is 1. The average molecular weight is 1040 g/mol. The zero-order valence-corrected chi connectivity index (χ0v) is 45.0. The van der Waals surface area contributed by atoms with Gasteiger partial charge in [-0.2, -0.15) is 5.10 Å². The van der Waals surface area contributed by atoms with Gasteiger partial charge in [0, 0.05) is 48.8 Å². The van der Waals surface area contributed by atoms with Crippen LogP contribution in [-0.2, 0) is 39.8 Å². The summed E-state index contributed by atoms with van der Waals surface area (Å²) in [7, 11) is 1.81. The van der Waals surface area contributed by atoms with E-state index in [-0.39, 0.29) is 35.7 Å². The third-order valence-electron chi connectivity index (χ3n) is 15.6. The summed E-state index contributed by atoms with van der Waals surface area (Å²) in [5, 5.41) is 25.4. The number of para-hydroxylation sites is 1. The first-order valence-corrected chi connectivity index (χ1v) is 27.1. The van der Waals surface area contributed by atoms with Crippen LogP contribution >= 0.6 is 11.3 Å². The number of imide groups is 1. The molecule has 394 valence electrons. The number of carboxylic acid groups (broad SMARTS) is 1. The fourth-order valence-electron chi connectivity index (χ4n) is 11.2. The maximum absolute atomic E-state index is 13.9. The molecule has 76 heavy (non-hydrogen) atoms. The van der Waals surface area contributed by atoms with Crippen molar-refractivity contribution in [3.05, 3.63) is 124 Å². The number of thiazole rings is 1. The van der Waals surface area contributed by atoms with Gasteiger partial charge in [-0.15, -0.1) is 0 Å². The Morgan fingerprint density at radius 1 is 0.882 bits per heavy atom. The van der Waals surface area contributed by atoms with Gasteiger partial charge in [-0.1, -0.05) is 68.5 Å². The third-order valence-corrected chi connectivity index (χ3v) is 16.6. The lowest BCUT2D eigenvalue weighted by Crippen LogP contribution is -2.55. The van der Waals surface area contributed by atoms with E-state index in [4.69, 9.17) is 9.72 Å². The second kappa shape index (κ2) is 20.9. The number of pyridine rings is 1. The number of ether oxygens (including phenoxy) is 1. The zero-order valence-electron chi connectivity index (χ0n) is 44.2. The number of likely N-dealkylation sites (tertiary alicyclic amines) is 1. The number of carbonyl (C=O) groups excluding carboxylic acids is 4. The van der Waals surface area contributed by atoms with Crippen LogP contribution in [0.1, 0.15) is 128 Å². The number of hydrogen-bond donors (Lipinski definition) is 4. The van der Waals surface area contributed by atoms with E-state index in [1.807, 2.05) is 113 Å². The molecule has 1 unspecified atom stereocenters. The first kappa shape index (κ1) is 52.0.